The van der Waals surface area contributed by atoms with E-state index in [-0.39, 0.29) is 5.41 Å². The lowest BCUT2D eigenvalue weighted by atomic mass is 9.82. The minimum atomic E-state index is 0.229. The summed E-state index contributed by atoms with van der Waals surface area (Å²) in [6.45, 7) is 8.70. The molecule has 1 saturated heterocycles. The molecule has 0 bridgehead atoms. The smallest absolute Gasteiger partial charge is 0.130 e. The fraction of sp³-hybridized carbons (Fsp3) is 0.692. The highest BCUT2D eigenvalue weighted by Crippen LogP contribution is 2.30. The van der Waals surface area contributed by atoms with Gasteiger partial charge in [0.1, 0.15) is 24.3 Å². The van der Waals surface area contributed by atoms with Crippen molar-refractivity contribution in [2.75, 3.05) is 50.7 Å². The average Bonchev–Trinajstić information content (AvgIpc) is 2.88. The Bertz CT molecular complexity index is 914. The van der Waals surface area contributed by atoms with E-state index in [9.17, 15) is 0 Å². The molecule has 1 atom stereocenters. The van der Waals surface area contributed by atoms with E-state index in [1.54, 1.807) is 19.8 Å². The van der Waals surface area contributed by atoms with Crippen molar-refractivity contribution in [2.45, 2.75) is 64.5 Å². The fourth-order valence-electron chi connectivity index (χ4n) is 5.02. The highest BCUT2D eigenvalue weighted by atomic mass is 16.5. The number of nitrogens with one attached hydrogen (secondary N) is 3. The summed E-state index contributed by atoms with van der Waals surface area (Å²) in [5.74, 6) is 2.32. The molecule has 2 fully saturated rings. The Hall–Kier alpha value is -2.36. The first kappa shape index (κ1) is 25.7. The third-order valence-electron chi connectivity index (χ3n) is 7.35. The van der Waals surface area contributed by atoms with Gasteiger partial charge in [0.2, 0.25) is 0 Å². The Morgan fingerprint density at radius 3 is 2.23 bits per heavy atom. The molecule has 4 rings (SSSR count). The topological polar surface area (TPSA) is 106 Å². The lowest BCUT2D eigenvalue weighted by molar-refractivity contribution is 0.0300. The van der Waals surface area contributed by atoms with Gasteiger partial charge in [-0.2, -0.15) is 0 Å². The van der Waals surface area contributed by atoms with Crippen molar-refractivity contribution in [1.29, 1.82) is 0 Å². The Kier molecular flexibility index (Phi) is 9.23. The predicted molar refractivity (Wildman–Crippen MR) is 138 cm³/mol. The van der Waals surface area contributed by atoms with Gasteiger partial charge in [0.05, 0.1) is 18.0 Å². The van der Waals surface area contributed by atoms with Crippen LogP contribution in [-0.4, -0.2) is 72.0 Å². The summed E-state index contributed by atoms with van der Waals surface area (Å²) in [6.07, 6.45) is 10.2. The van der Waals surface area contributed by atoms with Crippen LogP contribution in [0.25, 0.3) is 11.4 Å². The van der Waals surface area contributed by atoms with Crippen molar-refractivity contribution in [3.8, 4) is 11.4 Å². The highest BCUT2D eigenvalue weighted by molar-refractivity contribution is 5.61. The van der Waals surface area contributed by atoms with Gasteiger partial charge in [-0.05, 0) is 56.8 Å². The fourth-order valence-corrected chi connectivity index (χ4v) is 5.02. The molecule has 0 amide bonds. The number of rotatable bonds is 11. The second kappa shape index (κ2) is 12.6. The summed E-state index contributed by atoms with van der Waals surface area (Å²) in [6, 6.07) is 4.94. The molecule has 35 heavy (non-hydrogen) atoms. The summed E-state index contributed by atoms with van der Waals surface area (Å²) >= 11 is 0. The van der Waals surface area contributed by atoms with Gasteiger partial charge in [-0.25, -0.2) is 19.9 Å². The van der Waals surface area contributed by atoms with Gasteiger partial charge in [-0.15, -0.1) is 0 Å². The third-order valence-corrected chi connectivity index (χ3v) is 7.35. The Balaban J connectivity index is 1.27. The first-order valence-electron chi connectivity index (χ1n) is 13.0. The molecular weight excluding hydrogens is 442 g/mol. The summed E-state index contributed by atoms with van der Waals surface area (Å²) in [5, 5.41) is 10.7. The zero-order valence-corrected chi connectivity index (χ0v) is 21.4. The van der Waals surface area contributed by atoms with Crippen LogP contribution in [0.5, 0.6) is 0 Å². The maximum Gasteiger partial charge on any atom is 0.130 e. The van der Waals surface area contributed by atoms with E-state index in [4.69, 9.17) is 9.47 Å². The summed E-state index contributed by atoms with van der Waals surface area (Å²) in [5.41, 5.74) is 1.82. The Morgan fingerprint density at radius 1 is 0.971 bits per heavy atom. The zero-order chi connectivity index (χ0) is 24.5. The minimum Gasteiger partial charge on any atom is -0.383 e. The van der Waals surface area contributed by atoms with Crippen LogP contribution in [0, 0.1) is 11.3 Å². The normalized spacial score (nSPS) is 22.9. The van der Waals surface area contributed by atoms with Crippen molar-refractivity contribution in [3.63, 3.8) is 0 Å². The number of hydrogen-bond donors (Lipinski definition) is 3. The van der Waals surface area contributed by atoms with E-state index in [1.165, 1.54) is 25.7 Å². The molecule has 3 heterocycles. The minimum absolute atomic E-state index is 0.229. The van der Waals surface area contributed by atoms with Crippen LogP contribution in [0.4, 0.5) is 11.6 Å². The van der Waals surface area contributed by atoms with E-state index in [2.05, 4.69) is 49.7 Å². The van der Waals surface area contributed by atoms with Gasteiger partial charge >= 0.3 is 0 Å². The summed E-state index contributed by atoms with van der Waals surface area (Å²) in [7, 11) is 1.76. The van der Waals surface area contributed by atoms with Gasteiger partial charge in [0.15, 0.2) is 0 Å². The highest BCUT2D eigenvalue weighted by Gasteiger charge is 2.27. The zero-order valence-electron chi connectivity index (χ0n) is 21.4. The molecule has 192 valence electrons. The van der Waals surface area contributed by atoms with Gasteiger partial charge in [0.25, 0.3) is 0 Å². The predicted octanol–water partition coefficient (Wildman–Crippen LogP) is 3.76. The second-order valence-electron chi connectivity index (χ2n) is 10.5. The molecule has 0 radical (unpaired) electrons. The molecule has 9 heteroatoms. The summed E-state index contributed by atoms with van der Waals surface area (Å²) < 4.78 is 10.8. The number of nitrogens with zero attached hydrogens (tertiary/aromatic N) is 4. The van der Waals surface area contributed by atoms with Crippen molar-refractivity contribution in [2.24, 2.45) is 11.3 Å². The van der Waals surface area contributed by atoms with Gasteiger partial charge in [-0.1, -0.05) is 6.92 Å². The first-order chi connectivity index (χ1) is 17.0. The lowest BCUT2D eigenvalue weighted by Crippen LogP contribution is -2.41. The molecule has 0 aromatic carbocycles. The van der Waals surface area contributed by atoms with E-state index in [1.807, 2.05) is 12.1 Å². The van der Waals surface area contributed by atoms with Crippen LogP contribution >= 0.6 is 0 Å². The molecule has 1 saturated carbocycles. The number of anilines is 2. The molecule has 2 aromatic rings. The average molecular weight is 484 g/mol. The standard InChI is InChI=1S/C26H41N7O2/c1-19(15-34-3)33-21-6-4-20(5-7-21)14-27-24-12-22(29-17-31-24)23-13-25(32-18-30-23)28-16-26(2)8-10-35-11-9-26/h12-13,17-21,33H,4-11,14-16H2,1-3H3,(H,27,29,31)(H,28,30,32)/t19-,20?,21?/m1/s1. The van der Waals surface area contributed by atoms with Crippen LogP contribution in [0.1, 0.15) is 52.4 Å². The maximum absolute atomic E-state index is 5.51. The molecule has 3 N–H and O–H groups in total. The van der Waals surface area contributed by atoms with Gasteiger partial charge < -0.3 is 25.4 Å². The number of ether oxygens (including phenoxy) is 2. The van der Waals surface area contributed by atoms with Crippen LogP contribution < -0.4 is 16.0 Å². The van der Waals surface area contributed by atoms with E-state index in [0.29, 0.717) is 18.0 Å². The molecular formula is C26H41N7O2. The van der Waals surface area contributed by atoms with Crippen molar-refractivity contribution in [1.82, 2.24) is 25.3 Å². The van der Waals surface area contributed by atoms with Crippen LogP contribution in [0.3, 0.4) is 0 Å². The monoisotopic (exact) mass is 483 g/mol. The van der Waals surface area contributed by atoms with Gasteiger partial charge in [-0.3, -0.25) is 0 Å². The molecule has 0 unspecified atom stereocenters. The SMILES string of the molecule is COC[C@@H](C)NC1CCC(CNc2cc(-c3cc(NCC4(C)CCOCC4)ncn3)ncn2)CC1. The Labute approximate surface area is 209 Å². The number of methoxy groups -OCH3 is 1. The largest absolute Gasteiger partial charge is 0.383 e. The number of hydrogen-bond acceptors (Lipinski definition) is 9. The maximum atomic E-state index is 5.51. The molecule has 0 spiro atoms. The summed E-state index contributed by atoms with van der Waals surface area (Å²) in [4.78, 5) is 17.8. The van der Waals surface area contributed by atoms with Crippen LogP contribution in [-0.2, 0) is 9.47 Å². The van der Waals surface area contributed by atoms with E-state index in [0.717, 1.165) is 68.8 Å². The van der Waals surface area contributed by atoms with Crippen molar-refractivity contribution >= 4 is 11.6 Å². The lowest BCUT2D eigenvalue weighted by Gasteiger charge is -2.33. The first-order valence-corrected chi connectivity index (χ1v) is 13.0. The van der Waals surface area contributed by atoms with Gasteiger partial charge in [0, 0.05) is 57.6 Å². The van der Waals surface area contributed by atoms with Crippen molar-refractivity contribution < 1.29 is 9.47 Å². The van der Waals surface area contributed by atoms with Crippen LogP contribution in [0.2, 0.25) is 0 Å². The molecule has 1 aliphatic heterocycles. The molecule has 1 aliphatic carbocycles. The van der Waals surface area contributed by atoms with E-state index < -0.39 is 0 Å². The third kappa shape index (κ3) is 7.81. The molecule has 9 nitrogen and oxygen atoms in total. The Morgan fingerprint density at radius 2 is 1.60 bits per heavy atom. The number of aromatic nitrogens is 4. The molecule has 2 aliphatic rings. The van der Waals surface area contributed by atoms with Crippen molar-refractivity contribution in [3.05, 3.63) is 24.8 Å². The second-order valence-corrected chi connectivity index (χ2v) is 10.5. The molecule has 2 aromatic heterocycles. The van der Waals surface area contributed by atoms with Crippen LogP contribution in [0.15, 0.2) is 24.8 Å². The quantitative estimate of drug-likeness (QED) is 0.440. The van der Waals surface area contributed by atoms with E-state index >= 15 is 0 Å².